The van der Waals surface area contributed by atoms with Gasteiger partial charge in [-0.25, -0.2) is 0 Å². The summed E-state index contributed by atoms with van der Waals surface area (Å²) in [6, 6.07) is 4.04. The standard InChI is InChI=1S/C13H17ClN2/c1-8-4-5-10(14)12-9(2)11(6-7-15)16(3)13(8)12/h4-5H,6-7,15H2,1-3H3. The van der Waals surface area contributed by atoms with Gasteiger partial charge in [-0.1, -0.05) is 17.7 Å². The molecule has 2 N–H and O–H groups in total. The maximum absolute atomic E-state index is 6.28. The van der Waals surface area contributed by atoms with E-state index in [2.05, 4.69) is 31.5 Å². The molecule has 0 aliphatic rings. The number of benzene rings is 1. The zero-order valence-electron chi connectivity index (χ0n) is 9.97. The molecule has 3 heteroatoms. The van der Waals surface area contributed by atoms with E-state index < -0.39 is 0 Å². The fraction of sp³-hybridized carbons (Fsp3) is 0.385. The summed E-state index contributed by atoms with van der Waals surface area (Å²) in [6.45, 7) is 4.91. The van der Waals surface area contributed by atoms with Crippen LogP contribution < -0.4 is 5.73 Å². The van der Waals surface area contributed by atoms with Gasteiger partial charge in [-0.3, -0.25) is 0 Å². The monoisotopic (exact) mass is 236 g/mol. The number of aryl methyl sites for hydroxylation is 3. The minimum absolute atomic E-state index is 0.668. The highest BCUT2D eigenvalue weighted by atomic mass is 35.5. The highest BCUT2D eigenvalue weighted by Crippen LogP contribution is 2.33. The summed E-state index contributed by atoms with van der Waals surface area (Å²) in [5, 5.41) is 2.00. The van der Waals surface area contributed by atoms with Crippen LogP contribution in [0.1, 0.15) is 16.8 Å². The smallest absolute Gasteiger partial charge is 0.0527 e. The van der Waals surface area contributed by atoms with Gasteiger partial charge in [0.15, 0.2) is 0 Å². The minimum Gasteiger partial charge on any atom is -0.347 e. The first-order valence-electron chi connectivity index (χ1n) is 5.51. The first-order valence-corrected chi connectivity index (χ1v) is 5.88. The largest absolute Gasteiger partial charge is 0.347 e. The average molecular weight is 237 g/mol. The Kier molecular flexibility index (Phi) is 2.96. The van der Waals surface area contributed by atoms with Gasteiger partial charge in [-0.05, 0) is 37.6 Å². The lowest BCUT2D eigenvalue weighted by Crippen LogP contribution is -2.07. The van der Waals surface area contributed by atoms with Crippen LogP contribution in [0.2, 0.25) is 5.02 Å². The highest BCUT2D eigenvalue weighted by molar-refractivity contribution is 6.36. The van der Waals surface area contributed by atoms with Crippen LogP contribution in [0.3, 0.4) is 0 Å². The molecule has 0 radical (unpaired) electrons. The van der Waals surface area contributed by atoms with Crippen LogP contribution in [0.15, 0.2) is 12.1 Å². The Hall–Kier alpha value is -0.990. The second-order valence-corrected chi connectivity index (χ2v) is 4.66. The van der Waals surface area contributed by atoms with Crippen molar-refractivity contribution < 1.29 is 0 Å². The highest BCUT2D eigenvalue weighted by Gasteiger charge is 2.14. The molecule has 0 aliphatic heterocycles. The van der Waals surface area contributed by atoms with Gasteiger partial charge in [0, 0.05) is 24.5 Å². The predicted octanol–water partition coefficient (Wildman–Crippen LogP) is 2.95. The fourth-order valence-electron chi connectivity index (χ4n) is 2.48. The van der Waals surface area contributed by atoms with Crippen molar-refractivity contribution in [1.29, 1.82) is 0 Å². The normalized spacial score (nSPS) is 11.3. The van der Waals surface area contributed by atoms with E-state index in [0.717, 1.165) is 11.4 Å². The topological polar surface area (TPSA) is 30.9 Å². The molecule has 86 valence electrons. The number of halogens is 1. The maximum atomic E-state index is 6.28. The minimum atomic E-state index is 0.668. The van der Waals surface area contributed by atoms with E-state index in [1.54, 1.807) is 0 Å². The summed E-state index contributed by atoms with van der Waals surface area (Å²) in [7, 11) is 2.09. The SMILES string of the molecule is Cc1c(CCN)n(C)c2c(C)ccc(Cl)c12. The number of nitrogens with two attached hydrogens (primary N) is 1. The molecule has 2 aromatic rings. The molecule has 0 atom stereocenters. The lowest BCUT2D eigenvalue weighted by molar-refractivity contribution is 0.818. The predicted molar refractivity (Wildman–Crippen MR) is 70.2 cm³/mol. The number of hydrogen-bond donors (Lipinski definition) is 1. The number of hydrogen-bond acceptors (Lipinski definition) is 1. The van der Waals surface area contributed by atoms with Gasteiger partial charge in [0.2, 0.25) is 0 Å². The Morgan fingerprint density at radius 2 is 2.00 bits per heavy atom. The lowest BCUT2D eigenvalue weighted by atomic mass is 10.1. The summed E-state index contributed by atoms with van der Waals surface area (Å²) < 4.78 is 2.22. The Morgan fingerprint density at radius 3 is 2.56 bits per heavy atom. The first-order chi connectivity index (χ1) is 7.57. The van der Waals surface area contributed by atoms with Crippen molar-refractivity contribution in [2.24, 2.45) is 12.8 Å². The van der Waals surface area contributed by atoms with E-state index in [1.165, 1.54) is 27.7 Å². The molecule has 0 fully saturated rings. The van der Waals surface area contributed by atoms with Crippen molar-refractivity contribution >= 4 is 22.5 Å². The molecular weight excluding hydrogens is 220 g/mol. The lowest BCUT2D eigenvalue weighted by Gasteiger charge is -2.05. The molecule has 0 unspecified atom stereocenters. The van der Waals surface area contributed by atoms with E-state index in [9.17, 15) is 0 Å². The molecule has 0 amide bonds. The molecular formula is C13H17ClN2. The van der Waals surface area contributed by atoms with Crippen LogP contribution in [0.25, 0.3) is 10.9 Å². The van der Waals surface area contributed by atoms with Crippen LogP contribution in [0.4, 0.5) is 0 Å². The Bertz CT molecular complexity index is 496. The summed E-state index contributed by atoms with van der Waals surface area (Å²) in [5.74, 6) is 0. The quantitative estimate of drug-likeness (QED) is 0.854. The molecule has 0 saturated heterocycles. The van der Waals surface area contributed by atoms with Crippen LogP contribution >= 0.6 is 11.6 Å². The Morgan fingerprint density at radius 1 is 1.31 bits per heavy atom. The molecule has 0 aliphatic carbocycles. The molecule has 2 nitrogen and oxygen atoms in total. The summed E-state index contributed by atoms with van der Waals surface area (Å²) in [5.41, 5.74) is 10.7. The molecule has 1 heterocycles. The molecule has 0 bridgehead atoms. The maximum Gasteiger partial charge on any atom is 0.0527 e. The first kappa shape index (κ1) is 11.5. The van der Waals surface area contributed by atoms with Gasteiger partial charge in [-0.15, -0.1) is 0 Å². The Balaban J connectivity index is 2.87. The third-order valence-electron chi connectivity index (χ3n) is 3.26. The van der Waals surface area contributed by atoms with Gasteiger partial charge in [0.25, 0.3) is 0 Å². The number of nitrogens with zero attached hydrogens (tertiary/aromatic N) is 1. The van der Waals surface area contributed by atoms with Gasteiger partial charge >= 0.3 is 0 Å². The third-order valence-corrected chi connectivity index (χ3v) is 3.57. The van der Waals surface area contributed by atoms with Gasteiger partial charge in [0.05, 0.1) is 10.5 Å². The van der Waals surface area contributed by atoms with E-state index in [1.807, 2.05) is 6.07 Å². The van der Waals surface area contributed by atoms with Crippen molar-refractivity contribution in [3.8, 4) is 0 Å². The van der Waals surface area contributed by atoms with Gasteiger partial charge in [-0.2, -0.15) is 0 Å². The summed E-state index contributed by atoms with van der Waals surface area (Å²) >= 11 is 6.28. The third kappa shape index (κ3) is 1.53. The van der Waals surface area contributed by atoms with Crippen LogP contribution in [0.5, 0.6) is 0 Å². The molecule has 0 spiro atoms. The van der Waals surface area contributed by atoms with E-state index >= 15 is 0 Å². The van der Waals surface area contributed by atoms with E-state index in [-0.39, 0.29) is 0 Å². The van der Waals surface area contributed by atoms with Crippen LogP contribution in [-0.2, 0) is 13.5 Å². The molecule has 1 aromatic carbocycles. The van der Waals surface area contributed by atoms with Crippen molar-refractivity contribution in [3.05, 3.63) is 34.0 Å². The van der Waals surface area contributed by atoms with Crippen molar-refractivity contribution in [2.75, 3.05) is 6.54 Å². The van der Waals surface area contributed by atoms with Crippen molar-refractivity contribution in [2.45, 2.75) is 20.3 Å². The van der Waals surface area contributed by atoms with Crippen LogP contribution in [-0.4, -0.2) is 11.1 Å². The second-order valence-electron chi connectivity index (χ2n) is 4.26. The zero-order valence-corrected chi connectivity index (χ0v) is 10.7. The van der Waals surface area contributed by atoms with Crippen LogP contribution in [0, 0.1) is 13.8 Å². The summed E-state index contributed by atoms with van der Waals surface area (Å²) in [6.07, 6.45) is 0.896. The molecule has 0 saturated carbocycles. The number of rotatable bonds is 2. The van der Waals surface area contributed by atoms with E-state index in [0.29, 0.717) is 6.54 Å². The van der Waals surface area contributed by atoms with Crippen molar-refractivity contribution in [1.82, 2.24) is 4.57 Å². The van der Waals surface area contributed by atoms with Gasteiger partial charge in [0.1, 0.15) is 0 Å². The number of aromatic nitrogens is 1. The molecule has 1 aromatic heterocycles. The van der Waals surface area contributed by atoms with E-state index in [4.69, 9.17) is 17.3 Å². The zero-order chi connectivity index (χ0) is 11.9. The summed E-state index contributed by atoms with van der Waals surface area (Å²) in [4.78, 5) is 0. The molecule has 16 heavy (non-hydrogen) atoms. The average Bonchev–Trinajstić information content (AvgIpc) is 2.50. The molecule has 2 rings (SSSR count). The number of fused-ring (bicyclic) bond motifs is 1. The van der Waals surface area contributed by atoms with Crippen molar-refractivity contribution in [3.63, 3.8) is 0 Å². The van der Waals surface area contributed by atoms with Gasteiger partial charge < -0.3 is 10.3 Å². The Labute approximate surface area is 101 Å². The fourth-order valence-corrected chi connectivity index (χ4v) is 2.78. The second kappa shape index (κ2) is 4.11.